The number of nitrogens with zero attached hydrogens (tertiary/aromatic N) is 4. The summed E-state index contributed by atoms with van der Waals surface area (Å²) in [6.07, 6.45) is 2.06. The molecule has 0 aliphatic rings. The second-order valence-corrected chi connectivity index (χ2v) is 7.61. The normalized spacial score (nSPS) is 12.0. The fourth-order valence-corrected chi connectivity index (χ4v) is 3.60. The summed E-state index contributed by atoms with van der Waals surface area (Å²) in [4.78, 5) is 8.06. The van der Waals surface area contributed by atoms with E-state index in [1.165, 1.54) is 23.0 Å². The maximum atomic E-state index is 12.3. The highest BCUT2D eigenvalue weighted by Crippen LogP contribution is 2.27. The molecule has 0 fully saturated rings. The SMILES string of the molecule is CCCOS(=O)(=O)c1ccc(C)c(-n2nc(Cl)c3cnc(Cl)nc32)c1. The third kappa shape index (κ3) is 3.48. The minimum atomic E-state index is -3.86. The minimum absolute atomic E-state index is 0.0291. The zero-order valence-electron chi connectivity index (χ0n) is 13.4. The number of halogens is 2. The topological polar surface area (TPSA) is 87.0 Å². The predicted molar refractivity (Wildman–Crippen MR) is 94.8 cm³/mol. The molecule has 0 N–H and O–H groups in total. The van der Waals surface area contributed by atoms with Crippen LogP contribution in [0.4, 0.5) is 0 Å². The van der Waals surface area contributed by atoms with Crippen LogP contribution in [0, 0.1) is 6.92 Å². The van der Waals surface area contributed by atoms with Crippen LogP contribution in [-0.4, -0.2) is 34.8 Å². The number of benzene rings is 1. The monoisotopic (exact) mass is 400 g/mol. The molecule has 1 aromatic carbocycles. The smallest absolute Gasteiger partial charge is 0.266 e. The van der Waals surface area contributed by atoms with Gasteiger partial charge >= 0.3 is 0 Å². The summed E-state index contributed by atoms with van der Waals surface area (Å²) >= 11 is 12.0. The average Bonchev–Trinajstić information content (AvgIpc) is 2.89. The number of aryl methyl sites for hydroxylation is 1. The first kappa shape index (κ1) is 18.1. The van der Waals surface area contributed by atoms with Crippen LogP contribution in [-0.2, 0) is 14.3 Å². The van der Waals surface area contributed by atoms with Crippen LogP contribution in [0.2, 0.25) is 10.4 Å². The van der Waals surface area contributed by atoms with Crippen molar-refractivity contribution < 1.29 is 12.6 Å². The molecule has 0 unspecified atom stereocenters. The average molecular weight is 401 g/mol. The number of hydrogen-bond donors (Lipinski definition) is 0. The second kappa shape index (κ2) is 6.87. The highest BCUT2D eigenvalue weighted by atomic mass is 35.5. The van der Waals surface area contributed by atoms with E-state index in [0.717, 1.165) is 5.56 Å². The molecule has 10 heteroatoms. The van der Waals surface area contributed by atoms with Gasteiger partial charge in [-0.2, -0.15) is 18.5 Å². The van der Waals surface area contributed by atoms with Gasteiger partial charge in [0.05, 0.1) is 22.6 Å². The Kier molecular flexibility index (Phi) is 4.97. The van der Waals surface area contributed by atoms with E-state index in [1.54, 1.807) is 6.07 Å². The minimum Gasteiger partial charge on any atom is -0.266 e. The maximum Gasteiger partial charge on any atom is 0.297 e. The second-order valence-electron chi connectivity index (χ2n) is 5.30. The Bertz CT molecular complexity index is 1050. The molecule has 7 nitrogen and oxygen atoms in total. The molecule has 0 aliphatic carbocycles. The summed E-state index contributed by atoms with van der Waals surface area (Å²) in [5.74, 6) is 0. The van der Waals surface area contributed by atoms with Crippen LogP contribution in [0.3, 0.4) is 0 Å². The molecule has 3 rings (SSSR count). The maximum absolute atomic E-state index is 12.3. The largest absolute Gasteiger partial charge is 0.297 e. The number of hydrogen-bond acceptors (Lipinski definition) is 6. The van der Waals surface area contributed by atoms with Crippen molar-refractivity contribution in [2.45, 2.75) is 25.2 Å². The molecular formula is C15H14Cl2N4O3S. The fourth-order valence-electron chi connectivity index (χ4n) is 2.25. The number of rotatable bonds is 5. The van der Waals surface area contributed by atoms with Crippen molar-refractivity contribution in [1.29, 1.82) is 0 Å². The Labute approximate surface area is 154 Å². The van der Waals surface area contributed by atoms with Crippen molar-refractivity contribution in [1.82, 2.24) is 19.7 Å². The van der Waals surface area contributed by atoms with Crippen LogP contribution in [0.1, 0.15) is 18.9 Å². The van der Waals surface area contributed by atoms with Gasteiger partial charge in [0.2, 0.25) is 5.28 Å². The lowest BCUT2D eigenvalue weighted by molar-refractivity contribution is 0.318. The van der Waals surface area contributed by atoms with E-state index >= 15 is 0 Å². The Hall–Kier alpha value is -1.74. The summed E-state index contributed by atoms with van der Waals surface area (Å²) < 4.78 is 31.0. The third-order valence-electron chi connectivity index (χ3n) is 3.49. The standard InChI is InChI=1S/C15H14Cl2N4O3S/c1-3-6-24-25(22,23)10-5-4-9(2)12(7-10)21-14-11(13(16)20-21)8-18-15(17)19-14/h4-5,7-8H,3,6H2,1-2H3. The van der Waals surface area contributed by atoms with Gasteiger partial charge in [0, 0.05) is 6.20 Å². The molecule has 132 valence electrons. The molecule has 0 spiro atoms. The zero-order valence-corrected chi connectivity index (χ0v) is 15.7. The molecule has 3 aromatic rings. The quantitative estimate of drug-likeness (QED) is 0.480. The molecular weight excluding hydrogens is 387 g/mol. The third-order valence-corrected chi connectivity index (χ3v) is 5.26. The summed E-state index contributed by atoms with van der Waals surface area (Å²) in [5, 5.41) is 4.98. The first-order valence-electron chi connectivity index (χ1n) is 7.40. The van der Waals surface area contributed by atoms with Crippen LogP contribution in [0.15, 0.2) is 29.3 Å². The zero-order chi connectivity index (χ0) is 18.2. The van der Waals surface area contributed by atoms with Crippen LogP contribution in [0.25, 0.3) is 16.7 Å². The summed E-state index contributed by atoms with van der Waals surface area (Å²) in [7, 11) is -3.86. The molecule has 2 aromatic heterocycles. The molecule has 0 aliphatic heterocycles. The van der Waals surface area contributed by atoms with E-state index in [9.17, 15) is 8.42 Å². The van der Waals surface area contributed by atoms with Crippen molar-refractivity contribution in [2.24, 2.45) is 0 Å². The molecule has 0 bridgehead atoms. The summed E-state index contributed by atoms with van der Waals surface area (Å²) in [6.45, 7) is 3.77. The van der Waals surface area contributed by atoms with Gasteiger partial charge in [0.25, 0.3) is 10.1 Å². The Morgan fingerprint density at radius 1 is 1.28 bits per heavy atom. The lowest BCUT2D eigenvalue weighted by Gasteiger charge is -2.10. The highest BCUT2D eigenvalue weighted by Gasteiger charge is 2.19. The summed E-state index contributed by atoms with van der Waals surface area (Å²) in [6, 6.07) is 4.62. The van der Waals surface area contributed by atoms with Gasteiger partial charge in [-0.3, -0.25) is 4.18 Å². The van der Waals surface area contributed by atoms with E-state index in [4.69, 9.17) is 27.4 Å². The molecule has 25 heavy (non-hydrogen) atoms. The van der Waals surface area contributed by atoms with Gasteiger partial charge in [-0.15, -0.1) is 0 Å². The van der Waals surface area contributed by atoms with Crippen molar-refractivity contribution in [3.63, 3.8) is 0 Å². The summed E-state index contributed by atoms with van der Waals surface area (Å²) in [5.41, 5.74) is 1.68. The van der Waals surface area contributed by atoms with Crippen LogP contribution < -0.4 is 0 Å². The van der Waals surface area contributed by atoms with Crippen molar-refractivity contribution >= 4 is 44.4 Å². The van der Waals surface area contributed by atoms with Crippen molar-refractivity contribution in [3.8, 4) is 5.69 Å². The first-order chi connectivity index (χ1) is 11.8. The van der Waals surface area contributed by atoms with Gasteiger partial charge in [0.15, 0.2) is 10.8 Å². The highest BCUT2D eigenvalue weighted by molar-refractivity contribution is 7.86. The van der Waals surface area contributed by atoms with Gasteiger partial charge in [-0.25, -0.2) is 9.67 Å². The van der Waals surface area contributed by atoms with Crippen molar-refractivity contribution in [2.75, 3.05) is 6.61 Å². The van der Waals surface area contributed by atoms with Gasteiger partial charge < -0.3 is 0 Å². The molecule has 0 saturated carbocycles. The van der Waals surface area contributed by atoms with Gasteiger partial charge in [-0.1, -0.05) is 24.6 Å². The van der Waals surface area contributed by atoms with Crippen LogP contribution in [0.5, 0.6) is 0 Å². The molecule has 0 amide bonds. The van der Waals surface area contributed by atoms with Gasteiger partial charge in [0.1, 0.15) is 0 Å². The first-order valence-corrected chi connectivity index (χ1v) is 9.57. The van der Waals surface area contributed by atoms with E-state index < -0.39 is 10.1 Å². The van der Waals surface area contributed by atoms with Crippen LogP contribution >= 0.6 is 23.2 Å². The van der Waals surface area contributed by atoms with E-state index in [2.05, 4.69) is 15.1 Å². The lowest BCUT2D eigenvalue weighted by Crippen LogP contribution is -2.09. The molecule has 2 heterocycles. The Morgan fingerprint density at radius 3 is 2.76 bits per heavy atom. The Morgan fingerprint density at radius 2 is 2.04 bits per heavy atom. The fraction of sp³-hybridized carbons (Fsp3) is 0.267. The van der Waals surface area contributed by atoms with Gasteiger partial charge in [-0.05, 0) is 42.6 Å². The molecule has 0 saturated heterocycles. The van der Waals surface area contributed by atoms with E-state index in [0.29, 0.717) is 23.1 Å². The van der Waals surface area contributed by atoms with E-state index in [1.807, 2.05) is 13.8 Å². The van der Waals surface area contributed by atoms with Crippen molar-refractivity contribution in [3.05, 3.63) is 40.4 Å². The Balaban J connectivity index is 2.19. The molecule has 0 atom stereocenters. The number of aromatic nitrogens is 4. The number of fused-ring (bicyclic) bond motifs is 1. The van der Waals surface area contributed by atoms with E-state index in [-0.39, 0.29) is 21.9 Å². The lowest BCUT2D eigenvalue weighted by atomic mass is 10.2. The molecule has 0 radical (unpaired) electrons. The predicted octanol–water partition coefficient (Wildman–Crippen LogP) is 3.55.